The summed E-state index contributed by atoms with van der Waals surface area (Å²) in [5, 5.41) is 10.1. The van der Waals surface area contributed by atoms with E-state index in [1.807, 2.05) is 7.05 Å². The Bertz CT molecular complexity index is 708. The van der Waals surface area contributed by atoms with Crippen LogP contribution in [0.15, 0.2) is 39.1 Å². The van der Waals surface area contributed by atoms with Crippen LogP contribution < -0.4 is 10.6 Å². The first-order valence-corrected chi connectivity index (χ1v) is 9.91. The van der Waals surface area contributed by atoms with Gasteiger partial charge in [0.25, 0.3) is 0 Å². The third-order valence-corrected chi connectivity index (χ3v) is 5.60. The van der Waals surface area contributed by atoms with Crippen molar-refractivity contribution < 1.29 is 0 Å². The minimum atomic E-state index is 0.458. The summed E-state index contributed by atoms with van der Waals surface area (Å²) in [7, 11) is 1.81. The molecule has 24 heavy (non-hydrogen) atoms. The van der Waals surface area contributed by atoms with Crippen molar-refractivity contribution in [3.63, 3.8) is 0 Å². The van der Waals surface area contributed by atoms with Crippen LogP contribution in [0.5, 0.6) is 0 Å². The van der Waals surface area contributed by atoms with E-state index >= 15 is 0 Å². The molecule has 1 saturated carbocycles. The van der Waals surface area contributed by atoms with Gasteiger partial charge in [-0.15, -0.1) is 11.3 Å². The van der Waals surface area contributed by atoms with E-state index in [0.717, 1.165) is 27.6 Å². The Morgan fingerprint density at radius 3 is 2.75 bits per heavy atom. The Morgan fingerprint density at radius 1 is 1.38 bits per heavy atom. The van der Waals surface area contributed by atoms with Gasteiger partial charge in [-0.2, -0.15) is 0 Å². The predicted octanol–water partition coefficient (Wildman–Crippen LogP) is 4.25. The third-order valence-electron chi connectivity index (χ3n) is 4.20. The Balaban J connectivity index is 1.50. The maximum Gasteiger partial charge on any atom is 0.191 e. The van der Waals surface area contributed by atoms with Crippen LogP contribution in [0.2, 0.25) is 0 Å². The number of benzene rings is 1. The van der Waals surface area contributed by atoms with E-state index in [1.165, 1.54) is 5.56 Å². The van der Waals surface area contributed by atoms with Crippen molar-refractivity contribution in [2.45, 2.75) is 44.7 Å². The molecule has 1 aromatic carbocycles. The van der Waals surface area contributed by atoms with Crippen molar-refractivity contribution in [2.75, 3.05) is 7.05 Å². The zero-order valence-corrected chi connectivity index (χ0v) is 16.6. The molecule has 0 aliphatic heterocycles. The van der Waals surface area contributed by atoms with Gasteiger partial charge in [0.15, 0.2) is 5.96 Å². The highest BCUT2D eigenvalue weighted by Gasteiger charge is 2.38. The average molecular weight is 407 g/mol. The Kier molecular flexibility index (Phi) is 5.56. The number of aromatic nitrogens is 1. The van der Waals surface area contributed by atoms with Gasteiger partial charge in [-0.1, -0.05) is 41.9 Å². The summed E-state index contributed by atoms with van der Waals surface area (Å²) < 4.78 is 1.12. The smallest absolute Gasteiger partial charge is 0.191 e. The van der Waals surface area contributed by atoms with Gasteiger partial charge in [-0.25, -0.2) is 4.98 Å². The summed E-state index contributed by atoms with van der Waals surface area (Å²) in [6, 6.07) is 9.05. The van der Waals surface area contributed by atoms with Crippen molar-refractivity contribution in [1.82, 2.24) is 15.6 Å². The first-order chi connectivity index (χ1) is 11.6. The number of hydrogen-bond donors (Lipinski definition) is 2. The first kappa shape index (κ1) is 17.4. The number of aliphatic imine (C=N–C) groups is 1. The van der Waals surface area contributed by atoms with Gasteiger partial charge < -0.3 is 10.6 Å². The molecule has 128 valence electrons. The van der Waals surface area contributed by atoms with E-state index in [4.69, 9.17) is 0 Å². The third kappa shape index (κ3) is 4.36. The molecule has 0 bridgehead atoms. The van der Waals surface area contributed by atoms with Crippen LogP contribution in [0.4, 0.5) is 0 Å². The van der Waals surface area contributed by atoms with Gasteiger partial charge in [-0.3, -0.25) is 4.99 Å². The van der Waals surface area contributed by atoms with Gasteiger partial charge >= 0.3 is 0 Å². The number of hydrogen-bond acceptors (Lipinski definition) is 3. The lowest BCUT2D eigenvalue weighted by Gasteiger charge is -2.11. The fraction of sp³-hybridized carbons (Fsp3) is 0.444. The van der Waals surface area contributed by atoms with E-state index in [9.17, 15) is 0 Å². The molecule has 2 N–H and O–H groups in total. The highest BCUT2D eigenvalue weighted by molar-refractivity contribution is 9.10. The fourth-order valence-corrected chi connectivity index (χ4v) is 3.79. The second-order valence-corrected chi connectivity index (χ2v) is 8.25. The molecule has 1 aliphatic carbocycles. The Morgan fingerprint density at radius 2 is 2.12 bits per heavy atom. The number of thiazole rings is 1. The van der Waals surface area contributed by atoms with Crippen LogP contribution in [-0.2, 0) is 6.54 Å². The maximum absolute atomic E-state index is 4.65. The highest BCUT2D eigenvalue weighted by atomic mass is 79.9. The lowest BCUT2D eigenvalue weighted by atomic mass is 10.1. The Labute approximate surface area is 155 Å². The summed E-state index contributed by atoms with van der Waals surface area (Å²) in [4.78, 5) is 8.98. The molecule has 1 aromatic heterocycles. The molecule has 1 heterocycles. The van der Waals surface area contributed by atoms with Crippen molar-refractivity contribution >= 4 is 33.2 Å². The molecular weight excluding hydrogens is 384 g/mol. The van der Waals surface area contributed by atoms with E-state index in [1.54, 1.807) is 11.3 Å². The monoisotopic (exact) mass is 406 g/mol. The van der Waals surface area contributed by atoms with Crippen LogP contribution in [0.1, 0.15) is 48.4 Å². The molecule has 2 unspecified atom stereocenters. The molecule has 2 aromatic rings. The average Bonchev–Trinajstić information content (AvgIpc) is 3.16. The largest absolute Gasteiger partial charge is 0.353 e. The van der Waals surface area contributed by atoms with E-state index in [-0.39, 0.29) is 0 Å². The number of nitrogens with one attached hydrogen (secondary N) is 2. The number of guanidine groups is 1. The molecule has 1 aliphatic rings. The molecule has 0 saturated heterocycles. The number of halogens is 1. The van der Waals surface area contributed by atoms with Crippen LogP contribution in [-0.4, -0.2) is 24.0 Å². The molecule has 6 heteroatoms. The SMILES string of the molecule is CN=C(NCc1nc(C(C)C)cs1)NC1CC1c1ccc(Br)cc1. The minimum absolute atomic E-state index is 0.458. The lowest BCUT2D eigenvalue weighted by Crippen LogP contribution is -2.38. The molecule has 1 fully saturated rings. The zero-order valence-electron chi connectivity index (χ0n) is 14.2. The van der Waals surface area contributed by atoms with E-state index in [2.05, 4.69) is 80.0 Å². The van der Waals surface area contributed by atoms with Crippen LogP contribution in [0, 0.1) is 0 Å². The molecule has 3 rings (SSSR count). The van der Waals surface area contributed by atoms with Crippen molar-refractivity contribution in [3.05, 3.63) is 50.4 Å². The summed E-state index contributed by atoms with van der Waals surface area (Å²) in [6.07, 6.45) is 1.15. The molecule has 4 nitrogen and oxygen atoms in total. The lowest BCUT2D eigenvalue weighted by molar-refractivity contribution is 0.774. The molecule has 2 atom stereocenters. The van der Waals surface area contributed by atoms with Gasteiger partial charge in [-0.05, 0) is 30.0 Å². The second-order valence-electron chi connectivity index (χ2n) is 6.39. The maximum atomic E-state index is 4.65. The topological polar surface area (TPSA) is 49.3 Å². The van der Waals surface area contributed by atoms with Gasteiger partial charge in [0, 0.05) is 28.9 Å². The van der Waals surface area contributed by atoms with Crippen molar-refractivity contribution in [1.29, 1.82) is 0 Å². The van der Waals surface area contributed by atoms with Crippen LogP contribution in [0.3, 0.4) is 0 Å². The van der Waals surface area contributed by atoms with Gasteiger partial charge in [0.2, 0.25) is 0 Å². The van der Waals surface area contributed by atoms with Crippen LogP contribution >= 0.6 is 27.3 Å². The standard InChI is InChI=1S/C18H23BrN4S/c1-11(2)16-10-24-17(22-16)9-21-18(20-3)23-15-8-14(15)12-4-6-13(19)7-5-12/h4-7,10-11,14-15H,8-9H2,1-3H3,(H2,20,21,23). The van der Waals surface area contributed by atoms with Crippen LogP contribution in [0.25, 0.3) is 0 Å². The van der Waals surface area contributed by atoms with E-state index in [0.29, 0.717) is 24.4 Å². The Hall–Kier alpha value is -1.40. The zero-order chi connectivity index (χ0) is 17.1. The van der Waals surface area contributed by atoms with Crippen molar-refractivity contribution in [3.8, 4) is 0 Å². The van der Waals surface area contributed by atoms with Gasteiger partial charge in [0.05, 0.1) is 12.2 Å². The fourth-order valence-electron chi connectivity index (χ4n) is 2.63. The second kappa shape index (κ2) is 7.66. The summed E-state index contributed by atoms with van der Waals surface area (Å²) in [6.45, 7) is 5.05. The summed E-state index contributed by atoms with van der Waals surface area (Å²) in [5.41, 5.74) is 2.55. The molecule has 0 spiro atoms. The number of rotatable bonds is 5. The summed E-state index contributed by atoms with van der Waals surface area (Å²) >= 11 is 5.19. The highest BCUT2D eigenvalue weighted by Crippen LogP contribution is 2.40. The molecule has 0 radical (unpaired) electrons. The summed E-state index contributed by atoms with van der Waals surface area (Å²) in [5.74, 6) is 1.90. The van der Waals surface area contributed by atoms with Gasteiger partial charge in [0.1, 0.15) is 5.01 Å². The number of nitrogens with zero attached hydrogens (tertiary/aromatic N) is 2. The quantitative estimate of drug-likeness (QED) is 0.576. The first-order valence-electron chi connectivity index (χ1n) is 8.23. The molecule has 0 amide bonds. The normalized spacial score (nSPS) is 20.3. The van der Waals surface area contributed by atoms with E-state index < -0.39 is 0 Å². The molecular formula is C18H23BrN4S. The minimum Gasteiger partial charge on any atom is -0.353 e. The van der Waals surface area contributed by atoms with Crippen molar-refractivity contribution in [2.24, 2.45) is 4.99 Å². The predicted molar refractivity (Wildman–Crippen MR) is 105 cm³/mol.